The average Bonchev–Trinajstić information content (AvgIpc) is 2.56. The molecule has 0 aromatic heterocycles. The van der Waals surface area contributed by atoms with Crippen LogP contribution in [0, 0.1) is 13.8 Å². The lowest BCUT2D eigenvalue weighted by molar-refractivity contribution is -0.116. The summed E-state index contributed by atoms with van der Waals surface area (Å²) >= 11 is 0. The zero-order valence-electron chi connectivity index (χ0n) is 14.2. The van der Waals surface area contributed by atoms with Crippen molar-refractivity contribution in [2.75, 3.05) is 18.9 Å². The second kappa shape index (κ2) is 8.15. The van der Waals surface area contributed by atoms with Crippen LogP contribution in [0.5, 0.6) is 0 Å². The van der Waals surface area contributed by atoms with Gasteiger partial charge in [0.2, 0.25) is 5.91 Å². The number of nitrogens with zero attached hydrogens (tertiary/aromatic N) is 1. The molecule has 0 atom stereocenters. The van der Waals surface area contributed by atoms with E-state index in [9.17, 15) is 9.59 Å². The maximum Gasteiger partial charge on any atom is 0.410 e. The fourth-order valence-electron chi connectivity index (χ4n) is 2.13. The summed E-state index contributed by atoms with van der Waals surface area (Å²) in [6, 6.07) is 15.1. The molecule has 0 fully saturated rings. The summed E-state index contributed by atoms with van der Waals surface area (Å²) in [5.74, 6) is -0.266. The molecule has 0 saturated carbocycles. The quantitative estimate of drug-likeness (QED) is 0.915. The molecule has 5 nitrogen and oxygen atoms in total. The highest BCUT2D eigenvalue weighted by atomic mass is 16.6. The fourth-order valence-corrected chi connectivity index (χ4v) is 2.13. The molecule has 0 aliphatic rings. The molecule has 0 bridgehead atoms. The van der Waals surface area contributed by atoms with Gasteiger partial charge in [-0.05, 0) is 42.7 Å². The molecule has 0 unspecified atom stereocenters. The predicted molar refractivity (Wildman–Crippen MR) is 93.8 cm³/mol. The van der Waals surface area contributed by atoms with Crippen LogP contribution in [0.4, 0.5) is 10.5 Å². The average molecular weight is 326 g/mol. The molecule has 0 heterocycles. The first-order valence-electron chi connectivity index (χ1n) is 7.74. The number of carbonyl (C=O) groups is 2. The monoisotopic (exact) mass is 326 g/mol. The summed E-state index contributed by atoms with van der Waals surface area (Å²) < 4.78 is 5.18. The predicted octanol–water partition coefficient (Wildman–Crippen LogP) is 3.51. The minimum atomic E-state index is -0.533. The van der Waals surface area contributed by atoms with Crippen LogP contribution in [-0.2, 0) is 16.1 Å². The van der Waals surface area contributed by atoms with Crippen LogP contribution in [0.15, 0.2) is 48.5 Å². The Morgan fingerprint density at radius 3 is 2.42 bits per heavy atom. The highest BCUT2D eigenvalue weighted by molar-refractivity contribution is 5.93. The van der Waals surface area contributed by atoms with Crippen molar-refractivity contribution in [3.63, 3.8) is 0 Å². The Kier molecular flexibility index (Phi) is 5.95. The van der Waals surface area contributed by atoms with Crippen LogP contribution in [0.3, 0.4) is 0 Å². The topological polar surface area (TPSA) is 58.6 Å². The largest absolute Gasteiger partial charge is 0.445 e. The molecule has 0 saturated heterocycles. The second-order valence-electron chi connectivity index (χ2n) is 5.74. The number of anilines is 1. The van der Waals surface area contributed by atoms with Gasteiger partial charge < -0.3 is 15.0 Å². The van der Waals surface area contributed by atoms with E-state index in [-0.39, 0.29) is 19.1 Å². The van der Waals surface area contributed by atoms with Gasteiger partial charge in [0.1, 0.15) is 13.2 Å². The van der Waals surface area contributed by atoms with Crippen molar-refractivity contribution in [1.82, 2.24) is 4.90 Å². The van der Waals surface area contributed by atoms with Gasteiger partial charge in [-0.3, -0.25) is 4.79 Å². The molecule has 2 rings (SSSR count). The van der Waals surface area contributed by atoms with Gasteiger partial charge in [-0.2, -0.15) is 0 Å². The maximum atomic E-state index is 12.0. The number of ether oxygens (including phenoxy) is 1. The number of benzene rings is 2. The van der Waals surface area contributed by atoms with Crippen molar-refractivity contribution in [2.24, 2.45) is 0 Å². The Hall–Kier alpha value is -2.82. The third-order valence-electron chi connectivity index (χ3n) is 3.69. The number of hydrogen-bond donors (Lipinski definition) is 1. The number of rotatable bonds is 5. The molecule has 2 amide bonds. The third-order valence-corrected chi connectivity index (χ3v) is 3.69. The smallest absolute Gasteiger partial charge is 0.410 e. The SMILES string of the molecule is Cc1ccc(NC(=O)CN(C)C(=O)OCc2ccccc2)cc1C. The zero-order valence-corrected chi connectivity index (χ0v) is 14.2. The van der Waals surface area contributed by atoms with Crippen LogP contribution in [-0.4, -0.2) is 30.5 Å². The molecule has 1 N–H and O–H groups in total. The Balaban J connectivity index is 1.81. The second-order valence-corrected chi connectivity index (χ2v) is 5.74. The molecular formula is C19H22N2O3. The van der Waals surface area contributed by atoms with Crippen molar-refractivity contribution in [3.05, 3.63) is 65.2 Å². The van der Waals surface area contributed by atoms with Gasteiger partial charge in [-0.25, -0.2) is 4.79 Å². The minimum absolute atomic E-state index is 0.0689. The fraction of sp³-hybridized carbons (Fsp3) is 0.263. The van der Waals surface area contributed by atoms with E-state index in [2.05, 4.69) is 5.32 Å². The van der Waals surface area contributed by atoms with E-state index < -0.39 is 6.09 Å². The summed E-state index contributed by atoms with van der Waals surface area (Å²) in [7, 11) is 1.54. The van der Waals surface area contributed by atoms with E-state index in [1.807, 2.05) is 62.4 Å². The number of nitrogens with one attached hydrogen (secondary N) is 1. The maximum absolute atomic E-state index is 12.0. The molecular weight excluding hydrogens is 304 g/mol. The molecule has 0 aliphatic carbocycles. The minimum Gasteiger partial charge on any atom is -0.445 e. The van der Waals surface area contributed by atoms with Gasteiger partial charge in [-0.15, -0.1) is 0 Å². The number of aryl methyl sites for hydroxylation is 2. The Morgan fingerprint density at radius 1 is 1.04 bits per heavy atom. The number of likely N-dealkylation sites (N-methyl/N-ethyl adjacent to an activating group) is 1. The van der Waals surface area contributed by atoms with Crippen LogP contribution in [0.25, 0.3) is 0 Å². The van der Waals surface area contributed by atoms with E-state index in [4.69, 9.17) is 4.74 Å². The normalized spacial score (nSPS) is 10.1. The van der Waals surface area contributed by atoms with Gasteiger partial charge in [0, 0.05) is 12.7 Å². The molecule has 0 aliphatic heterocycles. The molecule has 126 valence electrons. The number of hydrogen-bond acceptors (Lipinski definition) is 3. The molecule has 5 heteroatoms. The van der Waals surface area contributed by atoms with Crippen molar-refractivity contribution in [2.45, 2.75) is 20.5 Å². The summed E-state index contributed by atoms with van der Waals surface area (Å²) in [4.78, 5) is 25.2. The molecule has 0 radical (unpaired) electrons. The lowest BCUT2D eigenvalue weighted by Crippen LogP contribution is -2.35. The first kappa shape index (κ1) is 17.5. The highest BCUT2D eigenvalue weighted by Gasteiger charge is 2.14. The summed E-state index contributed by atoms with van der Waals surface area (Å²) in [5.41, 5.74) is 3.88. The highest BCUT2D eigenvalue weighted by Crippen LogP contribution is 2.14. The number of amides is 2. The Labute approximate surface area is 142 Å². The van der Waals surface area contributed by atoms with Crippen molar-refractivity contribution in [3.8, 4) is 0 Å². The van der Waals surface area contributed by atoms with Gasteiger partial charge in [0.15, 0.2) is 0 Å². The molecule has 0 spiro atoms. The Morgan fingerprint density at radius 2 is 1.75 bits per heavy atom. The van der Waals surface area contributed by atoms with Gasteiger partial charge in [0.05, 0.1) is 0 Å². The van der Waals surface area contributed by atoms with E-state index in [0.29, 0.717) is 5.69 Å². The summed E-state index contributed by atoms with van der Waals surface area (Å²) in [5, 5.41) is 2.78. The van der Waals surface area contributed by atoms with Crippen molar-refractivity contribution in [1.29, 1.82) is 0 Å². The lowest BCUT2D eigenvalue weighted by Gasteiger charge is -2.17. The lowest BCUT2D eigenvalue weighted by atomic mass is 10.1. The molecule has 24 heavy (non-hydrogen) atoms. The van der Waals surface area contributed by atoms with Crippen LogP contribution < -0.4 is 5.32 Å². The van der Waals surface area contributed by atoms with Gasteiger partial charge >= 0.3 is 6.09 Å². The van der Waals surface area contributed by atoms with E-state index in [1.165, 1.54) is 11.9 Å². The first-order chi connectivity index (χ1) is 11.5. The molecule has 2 aromatic rings. The van der Waals surface area contributed by atoms with Gasteiger partial charge in [-0.1, -0.05) is 36.4 Å². The summed E-state index contributed by atoms with van der Waals surface area (Å²) in [6.07, 6.45) is -0.533. The Bertz CT molecular complexity index is 714. The standard InChI is InChI=1S/C19H22N2O3/c1-14-9-10-17(11-15(14)2)20-18(22)12-21(3)19(23)24-13-16-7-5-4-6-8-16/h4-11H,12-13H2,1-3H3,(H,20,22). The van der Waals surface area contributed by atoms with Crippen LogP contribution in [0.2, 0.25) is 0 Å². The zero-order chi connectivity index (χ0) is 17.5. The van der Waals surface area contributed by atoms with E-state index >= 15 is 0 Å². The van der Waals surface area contributed by atoms with E-state index in [1.54, 1.807) is 0 Å². The van der Waals surface area contributed by atoms with Crippen LogP contribution in [0.1, 0.15) is 16.7 Å². The van der Waals surface area contributed by atoms with Crippen molar-refractivity contribution < 1.29 is 14.3 Å². The summed E-state index contributed by atoms with van der Waals surface area (Å²) in [6.45, 7) is 4.11. The van der Waals surface area contributed by atoms with Crippen LogP contribution >= 0.6 is 0 Å². The molecule has 2 aromatic carbocycles. The van der Waals surface area contributed by atoms with Gasteiger partial charge in [0.25, 0.3) is 0 Å². The third kappa shape index (κ3) is 5.12. The van der Waals surface area contributed by atoms with Crippen molar-refractivity contribution >= 4 is 17.7 Å². The van der Waals surface area contributed by atoms with E-state index in [0.717, 1.165) is 16.7 Å². The number of carbonyl (C=O) groups excluding carboxylic acids is 2. The first-order valence-corrected chi connectivity index (χ1v) is 7.74.